The lowest BCUT2D eigenvalue weighted by atomic mass is 10.2. The first-order valence-corrected chi connectivity index (χ1v) is 5.82. The highest BCUT2D eigenvalue weighted by Crippen LogP contribution is 2.18. The van der Waals surface area contributed by atoms with Gasteiger partial charge in [-0.1, -0.05) is 36.4 Å². The number of hydrazine groups is 1. The van der Waals surface area contributed by atoms with Crippen molar-refractivity contribution in [3.05, 3.63) is 60.2 Å². The van der Waals surface area contributed by atoms with E-state index in [9.17, 15) is 4.79 Å². The lowest BCUT2D eigenvalue weighted by molar-refractivity contribution is 0.252. The number of nitrogens with one attached hydrogen (secondary N) is 2. The van der Waals surface area contributed by atoms with E-state index in [1.54, 1.807) is 18.2 Å². The minimum absolute atomic E-state index is 0.472. The zero-order valence-corrected chi connectivity index (χ0v) is 10.3. The maximum atomic E-state index is 11.1. The molecule has 0 aromatic heterocycles. The van der Waals surface area contributed by atoms with Gasteiger partial charge in [0.1, 0.15) is 12.4 Å². The van der Waals surface area contributed by atoms with Crippen LogP contribution in [-0.2, 0) is 6.61 Å². The van der Waals surface area contributed by atoms with Crippen LogP contribution >= 0.6 is 0 Å². The van der Waals surface area contributed by atoms with Crippen LogP contribution in [0.4, 0.5) is 10.5 Å². The van der Waals surface area contributed by atoms with E-state index >= 15 is 0 Å². The molecule has 0 atom stereocenters. The number of carbonyl (C=O) groups is 1. The van der Waals surface area contributed by atoms with E-state index in [2.05, 4.69) is 5.32 Å². The van der Waals surface area contributed by atoms with Crippen LogP contribution in [-0.4, -0.2) is 6.03 Å². The normalized spacial score (nSPS) is 9.74. The van der Waals surface area contributed by atoms with E-state index in [-0.39, 0.29) is 0 Å². The first-order valence-electron chi connectivity index (χ1n) is 5.82. The quantitative estimate of drug-likeness (QED) is 0.446. The smallest absolute Gasteiger partial charge is 0.333 e. The molecule has 2 aromatic carbocycles. The lowest BCUT2D eigenvalue weighted by Crippen LogP contribution is -2.34. The number of anilines is 1. The molecule has 0 saturated carbocycles. The molecule has 0 unspecified atom stereocenters. The van der Waals surface area contributed by atoms with Gasteiger partial charge in [-0.3, -0.25) is 5.43 Å². The predicted octanol–water partition coefficient (Wildman–Crippen LogP) is 2.26. The number of hydrogen-bond donors (Lipinski definition) is 3. The molecule has 0 bridgehead atoms. The zero-order chi connectivity index (χ0) is 13.5. The maximum Gasteiger partial charge on any atom is 0.333 e. The fraction of sp³-hybridized carbons (Fsp3) is 0.0714. The van der Waals surface area contributed by atoms with Gasteiger partial charge < -0.3 is 10.1 Å². The molecule has 19 heavy (non-hydrogen) atoms. The first-order chi connectivity index (χ1) is 9.28. The highest BCUT2D eigenvalue weighted by atomic mass is 16.5. The number of urea groups is 1. The van der Waals surface area contributed by atoms with Gasteiger partial charge in [0, 0.05) is 11.8 Å². The molecule has 0 radical (unpaired) electrons. The summed E-state index contributed by atoms with van der Waals surface area (Å²) in [5.74, 6) is 5.68. The van der Waals surface area contributed by atoms with Gasteiger partial charge in [0.05, 0.1) is 0 Å². The van der Waals surface area contributed by atoms with Crippen molar-refractivity contribution >= 4 is 11.7 Å². The molecule has 2 amide bonds. The minimum Gasteiger partial charge on any atom is -0.489 e. The number of benzene rings is 2. The summed E-state index contributed by atoms with van der Waals surface area (Å²) in [5.41, 5.74) is 3.70. The Bertz CT molecular complexity index is 543. The highest BCUT2D eigenvalue weighted by molar-refractivity contribution is 5.88. The van der Waals surface area contributed by atoms with Gasteiger partial charge in [0.2, 0.25) is 0 Å². The summed E-state index contributed by atoms with van der Waals surface area (Å²) in [5, 5.41) is 2.58. The second-order valence-corrected chi connectivity index (χ2v) is 3.90. The molecule has 5 heteroatoms. The average Bonchev–Trinajstić information content (AvgIpc) is 2.46. The molecule has 0 spiro atoms. The highest BCUT2D eigenvalue weighted by Gasteiger charge is 2.01. The van der Waals surface area contributed by atoms with Crippen molar-refractivity contribution in [2.24, 2.45) is 5.84 Å². The first kappa shape index (κ1) is 12.9. The van der Waals surface area contributed by atoms with E-state index in [1.165, 1.54) is 0 Å². The Hall–Kier alpha value is -2.53. The fourth-order valence-electron chi connectivity index (χ4n) is 1.57. The number of hydrogen-bond acceptors (Lipinski definition) is 3. The van der Waals surface area contributed by atoms with Crippen LogP contribution in [0.1, 0.15) is 5.56 Å². The maximum absolute atomic E-state index is 11.1. The topological polar surface area (TPSA) is 76.4 Å². The van der Waals surface area contributed by atoms with Crippen LogP contribution in [0.3, 0.4) is 0 Å². The molecule has 0 saturated heterocycles. The summed E-state index contributed by atoms with van der Waals surface area (Å²) in [6.45, 7) is 0.480. The van der Waals surface area contributed by atoms with E-state index < -0.39 is 6.03 Å². The zero-order valence-electron chi connectivity index (χ0n) is 10.3. The largest absolute Gasteiger partial charge is 0.489 e. The summed E-state index contributed by atoms with van der Waals surface area (Å²) in [6.07, 6.45) is 0. The number of amides is 2. The van der Waals surface area contributed by atoms with E-state index in [1.807, 2.05) is 41.8 Å². The van der Waals surface area contributed by atoms with Crippen LogP contribution in [0.2, 0.25) is 0 Å². The molecule has 0 heterocycles. The second kappa shape index (κ2) is 6.42. The Balaban J connectivity index is 1.97. The molecule has 98 valence electrons. The fourth-order valence-corrected chi connectivity index (χ4v) is 1.57. The van der Waals surface area contributed by atoms with Crippen molar-refractivity contribution in [2.75, 3.05) is 5.32 Å². The third-order valence-electron chi connectivity index (χ3n) is 2.47. The minimum atomic E-state index is -0.472. The summed E-state index contributed by atoms with van der Waals surface area (Å²) in [7, 11) is 0. The molecular weight excluding hydrogens is 242 g/mol. The average molecular weight is 257 g/mol. The standard InChI is InChI=1S/C14H15N3O2/c15-17-14(18)16-12-7-4-8-13(9-12)19-10-11-5-2-1-3-6-11/h1-9H,10,15H2,(H2,16,17,18). The van der Waals surface area contributed by atoms with Gasteiger partial charge in [0.15, 0.2) is 0 Å². The molecule has 0 aliphatic rings. The number of ether oxygens (including phenoxy) is 1. The third-order valence-corrected chi connectivity index (χ3v) is 2.47. The summed E-state index contributed by atoms with van der Waals surface area (Å²) < 4.78 is 5.64. The van der Waals surface area contributed by atoms with Gasteiger partial charge >= 0.3 is 6.03 Å². The molecular formula is C14H15N3O2. The summed E-state index contributed by atoms with van der Waals surface area (Å²) >= 11 is 0. The molecule has 0 fully saturated rings. The van der Waals surface area contributed by atoms with Crippen LogP contribution < -0.4 is 21.3 Å². The van der Waals surface area contributed by atoms with Crippen LogP contribution in [0.15, 0.2) is 54.6 Å². The SMILES string of the molecule is NNC(=O)Nc1cccc(OCc2ccccc2)c1. The molecule has 0 aliphatic heterocycles. The third kappa shape index (κ3) is 4.01. The Morgan fingerprint density at radius 1 is 1.11 bits per heavy atom. The van der Waals surface area contributed by atoms with Crippen LogP contribution in [0.25, 0.3) is 0 Å². The van der Waals surface area contributed by atoms with Crippen molar-refractivity contribution in [1.82, 2.24) is 5.43 Å². The van der Waals surface area contributed by atoms with Gasteiger partial charge in [-0.25, -0.2) is 10.6 Å². The predicted molar refractivity (Wildman–Crippen MR) is 73.6 cm³/mol. The summed E-state index contributed by atoms with van der Waals surface area (Å²) in [4.78, 5) is 11.1. The Kier molecular flexibility index (Phi) is 4.36. The second-order valence-electron chi connectivity index (χ2n) is 3.90. The van der Waals surface area contributed by atoms with Crippen LogP contribution in [0.5, 0.6) is 5.75 Å². The Morgan fingerprint density at radius 2 is 1.89 bits per heavy atom. The van der Waals surface area contributed by atoms with E-state index in [0.29, 0.717) is 18.0 Å². The number of rotatable bonds is 4. The Labute approximate surface area is 111 Å². The van der Waals surface area contributed by atoms with Gasteiger partial charge in [-0.2, -0.15) is 0 Å². The number of carbonyl (C=O) groups excluding carboxylic acids is 1. The van der Waals surface area contributed by atoms with Crippen molar-refractivity contribution in [1.29, 1.82) is 0 Å². The lowest BCUT2D eigenvalue weighted by Gasteiger charge is -2.09. The summed E-state index contributed by atoms with van der Waals surface area (Å²) in [6, 6.07) is 16.5. The molecule has 5 nitrogen and oxygen atoms in total. The molecule has 4 N–H and O–H groups in total. The van der Waals surface area contributed by atoms with Gasteiger partial charge in [-0.15, -0.1) is 0 Å². The number of nitrogens with two attached hydrogens (primary N) is 1. The van der Waals surface area contributed by atoms with E-state index in [4.69, 9.17) is 10.6 Å². The van der Waals surface area contributed by atoms with Gasteiger partial charge in [0.25, 0.3) is 0 Å². The Morgan fingerprint density at radius 3 is 2.63 bits per heavy atom. The molecule has 2 rings (SSSR count). The van der Waals surface area contributed by atoms with Crippen molar-refractivity contribution in [2.45, 2.75) is 6.61 Å². The van der Waals surface area contributed by atoms with Crippen molar-refractivity contribution in [3.8, 4) is 5.75 Å². The van der Waals surface area contributed by atoms with Gasteiger partial charge in [-0.05, 0) is 17.7 Å². The van der Waals surface area contributed by atoms with E-state index in [0.717, 1.165) is 5.56 Å². The molecule has 0 aliphatic carbocycles. The molecule has 2 aromatic rings. The van der Waals surface area contributed by atoms with Crippen molar-refractivity contribution < 1.29 is 9.53 Å². The monoisotopic (exact) mass is 257 g/mol. The van der Waals surface area contributed by atoms with Crippen LogP contribution in [0, 0.1) is 0 Å². The van der Waals surface area contributed by atoms with Crippen molar-refractivity contribution in [3.63, 3.8) is 0 Å².